The number of rotatable bonds is 4. The van der Waals surface area contributed by atoms with Gasteiger partial charge in [0.15, 0.2) is 0 Å². The Morgan fingerprint density at radius 2 is 1.86 bits per heavy atom. The lowest BCUT2D eigenvalue weighted by Crippen LogP contribution is -2.08. The zero-order chi connectivity index (χ0) is 15.2. The minimum atomic E-state index is -0.282. The van der Waals surface area contributed by atoms with Crippen LogP contribution in [-0.2, 0) is 4.79 Å². The normalized spacial score (nSPS) is 10.6. The van der Waals surface area contributed by atoms with Gasteiger partial charge in [-0.2, -0.15) is 0 Å². The van der Waals surface area contributed by atoms with Crippen LogP contribution in [0.2, 0.25) is 10.0 Å². The van der Waals surface area contributed by atoms with Crippen LogP contribution in [0.3, 0.4) is 0 Å². The Balaban J connectivity index is 2.03. The molecule has 0 unspecified atom stereocenters. The van der Waals surface area contributed by atoms with E-state index < -0.39 is 0 Å². The smallest absolute Gasteiger partial charge is 0.248 e. The third-order valence-corrected chi connectivity index (χ3v) is 3.29. The Morgan fingerprint density at radius 1 is 1.14 bits per heavy atom. The average molecular weight is 322 g/mol. The van der Waals surface area contributed by atoms with Gasteiger partial charge >= 0.3 is 0 Å². The molecule has 0 radical (unpaired) electrons. The van der Waals surface area contributed by atoms with Crippen molar-refractivity contribution < 1.29 is 9.53 Å². The van der Waals surface area contributed by atoms with E-state index in [1.165, 1.54) is 6.08 Å². The zero-order valence-electron chi connectivity index (χ0n) is 11.3. The zero-order valence-corrected chi connectivity index (χ0v) is 12.8. The number of methoxy groups -OCH3 is 1. The maximum atomic E-state index is 11.8. The van der Waals surface area contributed by atoms with Crippen molar-refractivity contribution in [1.82, 2.24) is 0 Å². The number of ether oxygens (including phenoxy) is 1. The minimum Gasteiger partial charge on any atom is -0.497 e. The van der Waals surface area contributed by atoms with E-state index in [1.54, 1.807) is 31.4 Å². The summed E-state index contributed by atoms with van der Waals surface area (Å²) in [7, 11) is 1.60. The Kier molecular flexibility index (Phi) is 5.26. The number of anilines is 1. The van der Waals surface area contributed by atoms with Crippen molar-refractivity contribution in [2.24, 2.45) is 0 Å². The second-order valence-electron chi connectivity index (χ2n) is 4.22. The maximum Gasteiger partial charge on any atom is 0.248 e. The molecule has 0 saturated carbocycles. The SMILES string of the molecule is COc1ccc(C=CC(=O)Nc2cc(Cl)ccc2Cl)cc1. The fourth-order valence-corrected chi connectivity index (χ4v) is 1.99. The van der Waals surface area contributed by atoms with Gasteiger partial charge in [-0.05, 0) is 42.0 Å². The Bertz CT molecular complexity index is 666. The molecular formula is C16H13Cl2NO2. The van der Waals surface area contributed by atoms with Crippen LogP contribution in [0.4, 0.5) is 5.69 Å². The first-order valence-electron chi connectivity index (χ1n) is 6.16. The van der Waals surface area contributed by atoms with Crippen molar-refractivity contribution in [2.75, 3.05) is 12.4 Å². The lowest BCUT2D eigenvalue weighted by atomic mass is 10.2. The van der Waals surface area contributed by atoms with Crippen molar-refractivity contribution in [2.45, 2.75) is 0 Å². The standard InChI is InChI=1S/C16H13Cl2NO2/c1-21-13-6-2-11(3-7-13)4-9-16(20)19-15-10-12(17)5-8-14(15)18/h2-10H,1H3,(H,19,20). The van der Waals surface area contributed by atoms with Crippen LogP contribution in [0.15, 0.2) is 48.5 Å². The van der Waals surface area contributed by atoms with Crippen LogP contribution in [-0.4, -0.2) is 13.0 Å². The average Bonchev–Trinajstić information content (AvgIpc) is 2.49. The van der Waals surface area contributed by atoms with Crippen molar-refractivity contribution in [3.63, 3.8) is 0 Å². The first-order chi connectivity index (χ1) is 10.1. The van der Waals surface area contributed by atoms with Gasteiger partial charge in [0.05, 0.1) is 17.8 Å². The number of amides is 1. The molecule has 0 spiro atoms. The highest BCUT2D eigenvalue weighted by Crippen LogP contribution is 2.25. The largest absolute Gasteiger partial charge is 0.497 e. The molecule has 0 aliphatic carbocycles. The summed E-state index contributed by atoms with van der Waals surface area (Å²) in [6.07, 6.45) is 3.13. The highest BCUT2D eigenvalue weighted by atomic mass is 35.5. The minimum absolute atomic E-state index is 0.282. The molecular weight excluding hydrogens is 309 g/mol. The van der Waals surface area contributed by atoms with Crippen LogP contribution >= 0.6 is 23.2 Å². The van der Waals surface area contributed by atoms with Gasteiger partial charge in [0, 0.05) is 11.1 Å². The molecule has 0 aliphatic rings. The molecule has 1 amide bonds. The van der Waals surface area contributed by atoms with E-state index in [0.717, 1.165) is 11.3 Å². The van der Waals surface area contributed by atoms with Gasteiger partial charge in [0.2, 0.25) is 5.91 Å². The molecule has 0 aromatic heterocycles. The molecule has 108 valence electrons. The topological polar surface area (TPSA) is 38.3 Å². The quantitative estimate of drug-likeness (QED) is 0.832. The fourth-order valence-electron chi connectivity index (χ4n) is 1.65. The van der Waals surface area contributed by atoms with E-state index in [4.69, 9.17) is 27.9 Å². The third-order valence-electron chi connectivity index (χ3n) is 2.73. The van der Waals surface area contributed by atoms with E-state index >= 15 is 0 Å². The van der Waals surface area contributed by atoms with Crippen LogP contribution < -0.4 is 10.1 Å². The van der Waals surface area contributed by atoms with E-state index in [-0.39, 0.29) is 5.91 Å². The number of nitrogens with one attached hydrogen (secondary N) is 1. The van der Waals surface area contributed by atoms with Gasteiger partial charge < -0.3 is 10.1 Å². The highest BCUT2D eigenvalue weighted by molar-refractivity contribution is 6.35. The number of hydrogen-bond donors (Lipinski definition) is 1. The van der Waals surface area contributed by atoms with Gasteiger partial charge in [0.1, 0.15) is 5.75 Å². The molecule has 1 N–H and O–H groups in total. The molecule has 2 aromatic rings. The summed E-state index contributed by atoms with van der Waals surface area (Å²) < 4.78 is 5.07. The second-order valence-corrected chi connectivity index (χ2v) is 5.06. The highest BCUT2D eigenvalue weighted by Gasteiger charge is 2.04. The summed E-state index contributed by atoms with van der Waals surface area (Å²) in [6.45, 7) is 0. The summed E-state index contributed by atoms with van der Waals surface area (Å²) in [5, 5.41) is 3.62. The predicted molar refractivity (Wildman–Crippen MR) is 87.1 cm³/mol. The predicted octanol–water partition coefficient (Wildman–Crippen LogP) is 4.65. The molecule has 3 nitrogen and oxygen atoms in total. The summed E-state index contributed by atoms with van der Waals surface area (Å²) in [4.78, 5) is 11.8. The van der Waals surface area contributed by atoms with E-state index in [1.807, 2.05) is 24.3 Å². The number of benzene rings is 2. The lowest BCUT2D eigenvalue weighted by Gasteiger charge is -2.05. The van der Waals surface area contributed by atoms with Crippen LogP contribution in [0.25, 0.3) is 6.08 Å². The van der Waals surface area contributed by atoms with Gasteiger partial charge in [-0.15, -0.1) is 0 Å². The third kappa shape index (κ3) is 4.52. The number of halogens is 2. The first-order valence-corrected chi connectivity index (χ1v) is 6.92. The molecule has 0 atom stereocenters. The molecule has 0 aliphatic heterocycles. The van der Waals surface area contributed by atoms with Gasteiger partial charge in [-0.25, -0.2) is 0 Å². The van der Waals surface area contributed by atoms with Gasteiger partial charge in [-0.1, -0.05) is 35.3 Å². The summed E-state index contributed by atoms with van der Waals surface area (Å²) in [6, 6.07) is 12.3. The Hall–Kier alpha value is -1.97. The van der Waals surface area contributed by atoms with Crippen molar-refractivity contribution >= 4 is 40.9 Å². The fraction of sp³-hybridized carbons (Fsp3) is 0.0625. The molecule has 5 heteroatoms. The molecule has 2 aromatic carbocycles. The van der Waals surface area contributed by atoms with Crippen LogP contribution in [0.1, 0.15) is 5.56 Å². The molecule has 0 fully saturated rings. The van der Waals surface area contributed by atoms with Crippen molar-refractivity contribution in [1.29, 1.82) is 0 Å². The summed E-state index contributed by atoms with van der Waals surface area (Å²) in [5.41, 5.74) is 1.37. The van der Waals surface area contributed by atoms with E-state index in [2.05, 4.69) is 5.32 Å². The molecule has 0 saturated heterocycles. The second kappa shape index (κ2) is 7.16. The maximum absolute atomic E-state index is 11.8. The molecule has 21 heavy (non-hydrogen) atoms. The van der Waals surface area contributed by atoms with Gasteiger partial charge in [0.25, 0.3) is 0 Å². The summed E-state index contributed by atoms with van der Waals surface area (Å²) >= 11 is 11.8. The van der Waals surface area contributed by atoms with Crippen LogP contribution in [0.5, 0.6) is 5.75 Å². The molecule has 0 bridgehead atoms. The monoisotopic (exact) mass is 321 g/mol. The van der Waals surface area contributed by atoms with Crippen molar-refractivity contribution in [3.05, 3.63) is 64.1 Å². The lowest BCUT2D eigenvalue weighted by molar-refractivity contribution is -0.111. The van der Waals surface area contributed by atoms with Crippen molar-refractivity contribution in [3.8, 4) is 5.75 Å². The summed E-state index contributed by atoms with van der Waals surface area (Å²) in [5.74, 6) is 0.484. The van der Waals surface area contributed by atoms with Gasteiger partial charge in [-0.3, -0.25) is 4.79 Å². The van der Waals surface area contributed by atoms with Crippen LogP contribution in [0, 0.1) is 0 Å². The Morgan fingerprint density at radius 3 is 2.52 bits per heavy atom. The number of carbonyl (C=O) groups is 1. The Labute approximate surface area is 133 Å². The first kappa shape index (κ1) is 15.4. The molecule has 2 rings (SSSR count). The number of carbonyl (C=O) groups excluding carboxylic acids is 1. The molecule has 0 heterocycles. The number of hydrogen-bond acceptors (Lipinski definition) is 2. The van der Waals surface area contributed by atoms with E-state index in [0.29, 0.717) is 15.7 Å². The van der Waals surface area contributed by atoms with E-state index in [9.17, 15) is 4.79 Å².